The summed E-state index contributed by atoms with van der Waals surface area (Å²) in [5, 5.41) is 0. The van der Waals surface area contributed by atoms with Crippen LogP contribution in [0.1, 0.15) is 25.3 Å². The molecule has 142 valence electrons. The van der Waals surface area contributed by atoms with Crippen molar-refractivity contribution in [1.29, 1.82) is 0 Å². The van der Waals surface area contributed by atoms with Gasteiger partial charge in [-0.05, 0) is 56.0 Å². The van der Waals surface area contributed by atoms with Gasteiger partial charge >= 0.3 is 0 Å². The maximum absolute atomic E-state index is 12.9. The Morgan fingerprint density at radius 2 is 2.00 bits per heavy atom. The molecular formula is C20H22N2O4S. The predicted molar refractivity (Wildman–Crippen MR) is 104 cm³/mol. The molecule has 0 unspecified atom stereocenters. The van der Waals surface area contributed by atoms with Crippen LogP contribution in [0.3, 0.4) is 0 Å². The molecule has 1 aliphatic heterocycles. The normalized spacial score (nSPS) is 16.1. The SMILES string of the molecule is CCOc1ccccc1S(=O)(=O)Nc1ccc2c(c1)N(C(=O)C1CC1)CC2. The fraction of sp³-hybridized carbons (Fsp3) is 0.350. The third-order valence-electron chi connectivity index (χ3n) is 4.86. The van der Waals surface area contributed by atoms with Crippen molar-refractivity contribution >= 4 is 27.3 Å². The van der Waals surface area contributed by atoms with Crippen LogP contribution in [0.5, 0.6) is 5.75 Å². The Balaban J connectivity index is 1.62. The second-order valence-electron chi connectivity index (χ2n) is 6.84. The zero-order chi connectivity index (χ0) is 19.0. The van der Waals surface area contributed by atoms with Gasteiger partial charge in [0.25, 0.3) is 10.0 Å². The molecule has 0 saturated heterocycles. The van der Waals surface area contributed by atoms with Gasteiger partial charge in [-0.3, -0.25) is 9.52 Å². The van der Waals surface area contributed by atoms with Gasteiger partial charge in [0.15, 0.2) is 0 Å². The molecule has 1 amide bonds. The molecular weight excluding hydrogens is 364 g/mol. The molecule has 6 nitrogen and oxygen atoms in total. The average Bonchev–Trinajstić information content (AvgIpc) is 3.41. The second kappa shape index (κ2) is 6.88. The number of nitrogens with zero attached hydrogens (tertiary/aromatic N) is 1. The number of anilines is 2. The van der Waals surface area contributed by atoms with Gasteiger partial charge in [-0.25, -0.2) is 8.42 Å². The highest BCUT2D eigenvalue weighted by atomic mass is 32.2. The van der Waals surface area contributed by atoms with E-state index < -0.39 is 10.0 Å². The lowest BCUT2D eigenvalue weighted by molar-refractivity contribution is -0.119. The van der Waals surface area contributed by atoms with E-state index in [1.54, 1.807) is 35.2 Å². The first-order valence-electron chi connectivity index (χ1n) is 9.18. The quantitative estimate of drug-likeness (QED) is 0.827. The summed E-state index contributed by atoms with van der Waals surface area (Å²) in [6.45, 7) is 2.85. The number of amides is 1. The number of ether oxygens (including phenoxy) is 1. The summed E-state index contributed by atoms with van der Waals surface area (Å²) in [5.74, 6) is 0.601. The number of rotatable bonds is 6. The van der Waals surface area contributed by atoms with Crippen LogP contribution in [0.4, 0.5) is 11.4 Å². The lowest BCUT2D eigenvalue weighted by atomic mass is 10.1. The van der Waals surface area contributed by atoms with Crippen LogP contribution in [0.2, 0.25) is 0 Å². The van der Waals surface area contributed by atoms with Gasteiger partial charge in [0.05, 0.1) is 12.3 Å². The van der Waals surface area contributed by atoms with Gasteiger partial charge in [0.1, 0.15) is 10.6 Å². The zero-order valence-electron chi connectivity index (χ0n) is 15.1. The largest absolute Gasteiger partial charge is 0.492 e. The predicted octanol–water partition coefficient (Wildman–Crippen LogP) is 3.19. The number of para-hydroxylation sites is 1. The topological polar surface area (TPSA) is 75.7 Å². The third kappa shape index (κ3) is 3.51. The molecule has 1 heterocycles. The Morgan fingerprint density at radius 1 is 1.22 bits per heavy atom. The van der Waals surface area contributed by atoms with Crippen molar-refractivity contribution < 1.29 is 17.9 Å². The minimum atomic E-state index is -3.80. The molecule has 2 aromatic carbocycles. The number of carbonyl (C=O) groups is 1. The Morgan fingerprint density at radius 3 is 2.74 bits per heavy atom. The van der Waals surface area contributed by atoms with Gasteiger partial charge in [-0.15, -0.1) is 0 Å². The Kier molecular flexibility index (Phi) is 4.55. The fourth-order valence-electron chi connectivity index (χ4n) is 3.38. The lowest BCUT2D eigenvalue weighted by Gasteiger charge is -2.18. The Bertz CT molecular complexity index is 983. The van der Waals surface area contributed by atoms with Crippen LogP contribution in [-0.4, -0.2) is 27.5 Å². The maximum atomic E-state index is 12.9. The first kappa shape index (κ1) is 17.9. The molecule has 1 saturated carbocycles. The molecule has 0 atom stereocenters. The van der Waals surface area contributed by atoms with E-state index in [4.69, 9.17) is 4.74 Å². The molecule has 0 bridgehead atoms. The van der Waals surface area contributed by atoms with Crippen molar-refractivity contribution in [3.8, 4) is 5.75 Å². The fourth-order valence-corrected chi connectivity index (χ4v) is 4.58. The van der Waals surface area contributed by atoms with Crippen LogP contribution in [-0.2, 0) is 21.2 Å². The van der Waals surface area contributed by atoms with Crippen LogP contribution >= 0.6 is 0 Å². The van der Waals surface area contributed by atoms with E-state index in [2.05, 4.69) is 4.72 Å². The van der Waals surface area contributed by atoms with Gasteiger partial charge in [-0.2, -0.15) is 0 Å². The van der Waals surface area contributed by atoms with E-state index in [0.29, 0.717) is 24.6 Å². The van der Waals surface area contributed by atoms with Gasteiger partial charge in [-0.1, -0.05) is 18.2 Å². The van der Waals surface area contributed by atoms with Crippen molar-refractivity contribution in [1.82, 2.24) is 0 Å². The van der Waals surface area contributed by atoms with E-state index in [1.165, 1.54) is 6.07 Å². The molecule has 1 fully saturated rings. The number of hydrogen-bond donors (Lipinski definition) is 1. The summed E-state index contributed by atoms with van der Waals surface area (Å²) < 4.78 is 33.8. The monoisotopic (exact) mass is 386 g/mol. The summed E-state index contributed by atoms with van der Waals surface area (Å²) in [7, 11) is -3.80. The summed E-state index contributed by atoms with van der Waals surface area (Å²) in [5.41, 5.74) is 2.32. The molecule has 0 spiro atoms. The van der Waals surface area contributed by atoms with Gasteiger partial charge in [0, 0.05) is 18.2 Å². The number of sulfonamides is 1. The minimum Gasteiger partial charge on any atom is -0.492 e. The second-order valence-corrected chi connectivity index (χ2v) is 8.49. The van der Waals surface area contributed by atoms with Crippen molar-refractivity contribution in [2.24, 2.45) is 5.92 Å². The lowest BCUT2D eigenvalue weighted by Crippen LogP contribution is -2.30. The highest BCUT2D eigenvalue weighted by Gasteiger charge is 2.36. The molecule has 2 aliphatic rings. The molecule has 2 aromatic rings. The highest BCUT2D eigenvalue weighted by Crippen LogP contribution is 2.38. The van der Waals surface area contributed by atoms with Crippen LogP contribution in [0.15, 0.2) is 47.4 Å². The van der Waals surface area contributed by atoms with E-state index in [0.717, 1.165) is 30.5 Å². The van der Waals surface area contributed by atoms with Crippen molar-refractivity contribution in [3.63, 3.8) is 0 Å². The van der Waals surface area contributed by atoms with E-state index in [1.807, 2.05) is 13.0 Å². The van der Waals surface area contributed by atoms with Crippen molar-refractivity contribution in [3.05, 3.63) is 48.0 Å². The summed E-state index contributed by atoms with van der Waals surface area (Å²) >= 11 is 0. The molecule has 4 rings (SSSR count). The first-order chi connectivity index (χ1) is 13.0. The van der Waals surface area contributed by atoms with Crippen LogP contribution in [0, 0.1) is 5.92 Å². The van der Waals surface area contributed by atoms with Gasteiger partial charge < -0.3 is 9.64 Å². The zero-order valence-corrected chi connectivity index (χ0v) is 16.0. The summed E-state index contributed by atoms with van der Waals surface area (Å²) in [6, 6.07) is 11.9. The van der Waals surface area contributed by atoms with Crippen molar-refractivity contribution in [2.75, 3.05) is 22.8 Å². The minimum absolute atomic E-state index is 0.0956. The highest BCUT2D eigenvalue weighted by molar-refractivity contribution is 7.92. The number of benzene rings is 2. The number of carbonyl (C=O) groups excluding carboxylic acids is 1. The van der Waals surface area contributed by atoms with E-state index in [-0.39, 0.29) is 16.7 Å². The third-order valence-corrected chi connectivity index (χ3v) is 6.28. The molecule has 1 aliphatic carbocycles. The molecule has 7 heteroatoms. The molecule has 0 aromatic heterocycles. The molecule has 27 heavy (non-hydrogen) atoms. The van der Waals surface area contributed by atoms with Crippen LogP contribution in [0.25, 0.3) is 0 Å². The number of nitrogens with one attached hydrogen (secondary N) is 1. The number of hydrogen-bond acceptors (Lipinski definition) is 4. The van der Waals surface area contributed by atoms with E-state index >= 15 is 0 Å². The van der Waals surface area contributed by atoms with Crippen LogP contribution < -0.4 is 14.4 Å². The number of fused-ring (bicyclic) bond motifs is 1. The Hall–Kier alpha value is -2.54. The first-order valence-corrected chi connectivity index (χ1v) is 10.7. The molecule has 1 N–H and O–H groups in total. The summed E-state index contributed by atoms with van der Waals surface area (Å²) in [6.07, 6.45) is 2.70. The standard InChI is InChI=1S/C20H22N2O4S/c1-2-26-18-5-3-4-6-19(18)27(24,25)21-16-10-9-14-11-12-22(17(14)13-16)20(23)15-7-8-15/h3-6,9-10,13,15,21H,2,7-8,11-12H2,1H3. The van der Waals surface area contributed by atoms with E-state index in [9.17, 15) is 13.2 Å². The average molecular weight is 386 g/mol. The summed E-state index contributed by atoms with van der Waals surface area (Å²) in [4.78, 5) is 14.4. The Labute approximate surface area is 159 Å². The smallest absolute Gasteiger partial charge is 0.265 e. The molecule has 0 radical (unpaired) electrons. The van der Waals surface area contributed by atoms with Crippen molar-refractivity contribution in [2.45, 2.75) is 31.1 Å². The van der Waals surface area contributed by atoms with Gasteiger partial charge in [0.2, 0.25) is 5.91 Å². The maximum Gasteiger partial charge on any atom is 0.265 e.